The Hall–Kier alpha value is 0.490. The molecular formula is C5H13O4PS. The van der Waals surface area contributed by atoms with Gasteiger partial charge in [0, 0.05) is 5.41 Å². The van der Waals surface area contributed by atoms with Crippen LogP contribution in [0.5, 0.6) is 0 Å². The Morgan fingerprint density at radius 1 is 1.36 bits per heavy atom. The van der Waals surface area contributed by atoms with Gasteiger partial charge in [0.1, 0.15) is 0 Å². The minimum atomic E-state index is -3.73. The third kappa shape index (κ3) is 5.73. The molecule has 68 valence electrons. The maximum Gasteiger partial charge on any atom is 0.324 e. The van der Waals surface area contributed by atoms with E-state index in [1.54, 1.807) is 20.8 Å². The second-order valence-corrected chi connectivity index (χ2v) is 5.93. The summed E-state index contributed by atoms with van der Waals surface area (Å²) in [4.78, 5) is 17.3. The van der Waals surface area contributed by atoms with E-state index in [4.69, 9.17) is 14.9 Å². The van der Waals surface area contributed by atoms with Crippen LogP contribution in [0, 0.1) is 5.41 Å². The second kappa shape index (κ2) is 3.47. The molecule has 0 aromatic heterocycles. The molecule has 0 aromatic rings. The van der Waals surface area contributed by atoms with Crippen LogP contribution in [0.15, 0.2) is 0 Å². The van der Waals surface area contributed by atoms with Crippen molar-refractivity contribution in [3.8, 4) is 0 Å². The molecular weight excluding hydrogens is 187 g/mol. The van der Waals surface area contributed by atoms with E-state index in [0.717, 1.165) is 0 Å². The van der Waals surface area contributed by atoms with Crippen LogP contribution in [0.4, 0.5) is 0 Å². The third-order valence-electron chi connectivity index (χ3n) is 0.978. The van der Waals surface area contributed by atoms with Crippen LogP contribution in [-0.2, 0) is 16.3 Å². The Bertz CT molecular complexity index is 170. The predicted octanol–water partition coefficient (Wildman–Crippen LogP) is 0.577. The third-order valence-corrected chi connectivity index (χ3v) is 1.71. The van der Waals surface area contributed by atoms with Gasteiger partial charge in [-0.25, -0.2) is 0 Å². The molecule has 1 atom stereocenters. The summed E-state index contributed by atoms with van der Waals surface area (Å²) >= 11 is 4.17. The highest BCUT2D eigenvalue weighted by Crippen LogP contribution is 2.41. The average Bonchev–Trinajstić information content (AvgIpc) is 1.56. The fourth-order valence-corrected chi connectivity index (χ4v) is 1.11. The van der Waals surface area contributed by atoms with Gasteiger partial charge in [-0.3, -0.25) is 4.52 Å². The Balaban J connectivity index is 4.10. The summed E-state index contributed by atoms with van der Waals surface area (Å²) in [5, 5.41) is 9.14. The molecule has 0 aliphatic heterocycles. The first kappa shape index (κ1) is 11.5. The molecule has 0 rings (SSSR count). The number of hydrogen-bond donors (Lipinski definition) is 3. The molecule has 0 aliphatic rings. The fraction of sp³-hybridized carbons (Fsp3) is 1.00. The van der Waals surface area contributed by atoms with Crippen molar-refractivity contribution in [2.75, 3.05) is 0 Å². The topological polar surface area (TPSA) is 69.9 Å². The van der Waals surface area contributed by atoms with Gasteiger partial charge in [-0.1, -0.05) is 20.8 Å². The first-order chi connectivity index (χ1) is 4.63. The minimum Gasteiger partial charge on any atom is -0.367 e. The summed E-state index contributed by atoms with van der Waals surface area (Å²) in [6.07, 6.45) is -1.25. The molecule has 0 radical (unpaired) electrons. The molecule has 0 saturated heterocycles. The highest BCUT2D eigenvalue weighted by atomic mass is 32.5. The van der Waals surface area contributed by atoms with Gasteiger partial charge in [-0.15, -0.1) is 0 Å². The van der Waals surface area contributed by atoms with Crippen LogP contribution in [0.25, 0.3) is 0 Å². The van der Waals surface area contributed by atoms with Crippen LogP contribution >= 0.6 is 6.72 Å². The molecule has 3 N–H and O–H groups in total. The SMILES string of the molecule is CC(C)(C)C(O)OP(O)(O)=S. The van der Waals surface area contributed by atoms with Crippen LogP contribution in [0.1, 0.15) is 20.8 Å². The lowest BCUT2D eigenvalue weighted by Gasteiger charge is -2.26. The molecule has 0 spiro atoms. The first-order valence-electron chi connectivity index (χ1n) is 3.05. The lowest BCUT2D eigenvalue weighted by molar-refractivity contribution is -0.0989. The lowest BCUT2D eigenvalue weighted by Crippen LogP contribution is -2.27. The van der Waals surface area contributed by atoms with Crippen molar-refractivity contribution in [1.29, 1.82) is 0 Å². The quantitative estimate of drug-likeness (QED) is 0.449. The predicted molar refractivity (Wildman–Crippen MR) is 45.3 cm³/mol. The van der Waals surface area contributed by atoms with E-state index < -0.39 is 18.4 Å². The van der Waals surface area contributed by atoms with Gasteiger partial charge < -0.3 is 14.9 Å². The van der Waals surface area contributed by atoms with Gasteiger partial charge in [-0.05, 0) is 11.8 Å². The number of rotatable bonds is 2. The molecule has 0 aromatic carbocycles. The first-order valence-corrected chi connectivity index (χ1v) is 5.67. The van der Waals surface area contributed by atoms with Gasteiger partial charge in [0.05, 0.1) is 0 Å². The molecule has 0 fully saturated rings. The van der Waals surface area contributed by atoms with Crippen molar-refractivity contribution < 1.29 is 19.4 Å². The standard InChI is InChI=1S/C5H13O4PS/c1-5(2,3)4(6)9-10(7,8)11/h4,6H,1-3H3,(H2,7,8,11). The summed E-state index contributed by atoms with van der Waals surface area (Å²) in [6.45, 7) is 1.36. The van der Waals surface area contributed by atoms with Crippen molar-refractivity contribution in [1.82, 2.24) is 0 Å². The van der Waals surface area contributed by atoms with E-state index in [-0.39, 0.29) is 0 Å². The molecule has 0 saturated carbocycles. The zero-order chi connectivity index (χ0) is 9.28. The van der Waals surface area contributed by atoms with Gasteiger partial charge in [0.15, 0.2) is 6.29 Å². The Morgan fingerprint density at radius 3 is 1.82 bits per heavy atom. The largest absolute Gasteiger partial charge is 0.367 e. The highest BCUT2D eigenvalue weighted by Gasteiger charge is 2.27. The zero-order valence-corrected chi connectivity index (χ0v) is 8.39. The van der Waals surface area contributed by atoms with Crippen molar-refractivity contribution >= 4 is 18.5 Å². The normalized spacial score (nSPS) is 16.5. The van der Waals surface area contributed by atoms with E-state index in [2.05, 4.69) is 16.3 Å². The molecule has 0 bridgehead atoms. The van der Waals surface area contributed by atoms with Gasteiger partial charge in [-0.2, -0.15) is 0 Å². The van der Waals surface area contributed by atoms with Gasteiger partial charge in [0.25, 0.3) is 0 Å². The molecule has 11 heavy (non-hydrogen) atoms. The van der Waals surface area contributed by atoms with Crippen LogP contribution in [0.2, 0.25) is 0 Å². The Kier molecular flexibility index (Phi) is 3.63. The van der Waals surface area contributed by atoms with Crippen molar-refractivity contribution in [2.24, 2.45) is 5.41 Å². The van der Waals surface area contributed by atoms with E-state index in [1.165, 1.54) is 0 Å². The highest BCUT2D eigenvalue weighted by molar-refractivity contribution is 8.06. The maximum atomic E-state index is 9.14. The van der Waals surface area contributed by atoms with Crippen LogP contribution < -0.4 is 0 Å². The van der Waals surface area contributed by atoms with Crippen LogP contribution in [0.3, 0.4) is 0 Å². The number of aliphatic hydroxyl groups is 1. The van der Waals surface area contributed by atoms with Crippen molar-refractivity contribution in [3.05, 3.63) is 0 Å². The van der Waals surface area contributed by atoms with Crippen molar-refractivity contribution in [3.63, 3.8) is 0 Å². The number of hydrogen-bond acceptors (Lipinski definition) is 3. The van der Waals surface area contributed by atoms with E-state index in [9.17, 15) is 0 Å². The monoisotopic (exact) mass is 200 g/mol. The lowest BCUT2D eigenvalue weighted by atomic mass is 9.96. The van der Waals surface area contributed by atoms with E-state index in [0.29, 0.717) is 0 Å². The van der Waals surface area contributed by atoms with Crippen LogP contribution in [-0.4, -0.2) is 21.2 Å². The maximum absolute atomic E-state index is 9.14. The van der Waals surface area contributed by atoms with Crippen molar-refractivity contribution in [2.45, 2.75) is 27.1 Å². The average molecular weight is 200 g/mol. The number of aliphatic hydroxyl groups excluding tert-OH is 1. The fourth-order valence-electron chi connectivity index (χ4n) is 0.288. The Labute approximate surface area is 71.1 Å². The summed E-state index contributed by atoms with van der Waals surface area (Å²) in [7, 11) is 0. The van der Waals surface area contributed by atoms with Gasteiger partial charge >= 0.3 is 6.72 Å². The summed E-state index contributed by atoms with van der Waals surface area (Å²) < 4.78 is 4.39. The molecule has 4 nitrogen and oxygen atoms in total. The van der Waals surface area contributed by atoms with E-state index in [1.807, 2.05) is 0 Å². The van der Waals surface area contributed by atoms with E-state index >= 15 is 0 Å². The summed E-state index contributed by atoms with van der Waals surface area (Å²) in [5.74, 6) is 0. The molecule has 0 aliphatic carbocycles. The Morgan fingerprint density at radius 2 is 1.73 bits per heavy atom. The minimum absolute atomic E-state index is 0.560. The smallest absolute Gasteiger partial charge is 0.324 e. The summed E-state index contributed by atoms with van der Waals surface area (Å²) in [6, 6.07) is 0. The zero-order valence-electron chi connectivity index (χ0n) is 6.68. The molecule has 1 unspecified atom stereocenters. The molecule has 0 heterocycles. The molecule has 6 heteroatoms. The molecule has 0 amide bonds. The second-order valence-electron chi connectivity index (χ2n) is 3.31. The summed E-state index contributed by atoms with van der Waals surface area (Å²) in [5.41, 5.74) is -0.560. The van der Waals surface area contributed by atoms with Gasteiger partial charge in [0.2, 0.25) is 0 Å².